The Labute approximate surface area is 289 Å². The maximum absolute atomic E-state index is 11.1. The highest BCUT2D eigenvalue weighted by Gasteiger charge is 2.05. The number of ether oxygens (including phenoxy) is 5. The van der Waals surface area contributed by atoms with Crippen LogP contribution in [0, 0.1) is 0 Å². The Morgan fingerprint density at radius 2 is 1.22 bits per heavy atom. The minimum absolute atomic E-state index is 0.0376. The van der Waals surface area contributed by atoms with Gasteiger partial charge in [0, 0.05) is 29.3 Å². The molecule has 0 spiro atoms. The molecule has 0 fully saturated rings. The van der Waals surface area contributed by atoms with Crippen molar-refractivity contribution in [2.24, 2.45) is 0 Å². The minimum Gasteiger partial charge on any atom is -0.494 e. The van der Waals surface area contributed by atoms with Crippen molar-refractivity contribution < 1.29 is 42.9 Å². The van der Waals surface area contributed by atoms with Gasteiger partial charge in [-0.2, -0.15) is 5.10 Å². The summed E-state index contributed by atoms with van der Waals surface area (Å²) in [6.45, 7) is 14.3. The molecule has 0 aliphatic rings. The summed E-state index contributed by atoms with van der Waals surface area (Å²) >= 11 is 0. The Morgan fingerprint density at radius 3 is 1.61 bits per heavy atom. The van der Waals surface area contributed by atoms with Crippen LogP contribution in [0.4, 0.5) is 0 Å². The molecule has 0 N–H and O–H groups in total. The third kappa shape index (κ3) is 19.2. The van der Waals surface area contributed by atoms with E-state index < -0.39 is 11.9 Å². The lowest BCUT2D eigenvalue weighted by molar-refractivity contribution is -0.138. The van der Waals surface area contributed by atoms with Gasteiger partial charge < -0.3 is 23.7 Å². The molecule has 3 rings (SSSR count). The molecule has 2 aromatic carbocycles. The number of carbonyl (C=O) groups is 4. The Morgan fingerprint density at radius 1 is 0.735 bits per heavy atom. The van der Waals surface area contributed by atoms with Gasteiger partial charge in [-0.05, 0) is 99.5 Å². The van der Waals surface area contributed by atoms with Crippen molar-refractivity contribution >= 4 is 24.0 Å². The van der Waals surface area contributed by atoms with Gasteiger partial charge >= 0.3 is 11.9 Å². The molecule has 264 valence electrons. The first-order chi connectivity index (χ1) is 23.7. The quantitative estimate of drug-likeness (QED) is 0.0420. The van der Waals surface area contributed by atoms with Gasteiger partial charge in [-0.1, -0.05) is 27.0 Å². The van der Waals surface area contributed by atoms with Crippen molar-refractivity contribution in [3.8, 4) is 17.4 Å². The molecule has 0 aliphatic heterocycles. The summed E-state index contributed by atoms with van der Waals surface area (Å²) in [6, 6.07) is 17.7. The van der Waals surface area contributed by atoms with E-state index >= 15 is 0 Å². The Hall–Kier alpha value is -5.32. The summed E-state index contributed by atoms with van der Waals surface area (Å²) in [5.74, 6) is 1.74. The van der Waals surface area contributed by atoms with Gasteiger partial charge in [0.1, 0.15) is 17.8 Å². The average molecular weight is 677 g/mol. The predicted octanol–water partition coefficient (Wildman–Crippen LogP) is 7.16. The van der Waals surface area contributed by atoms with Gasteiger partial charge in [0.05, 0.1) is 39.2 Å². The van der Waals surface area contributed by atoms with E-state index in [4.69, 9.17) is 23.7 Å². The molecule has 11 nitrogen and oxygen atoms in total. The zero-order valence-electron chi connectivity index (χ0n) is 28.9. The minimum atomic E-state index is -0.402. The van der Waals surface area contributed by atoms with Crippen molar-refractivity contribution in [2.75, 3.05) is 33.5 Å². The number of aldehydes is 1. The Kier molecular flexibility index (Phi) is 21.9. The summed E-state index contributed by atoms with van der Waals surface area (Å²) < 4.78 is 25.5. The molecule has 11 heteroatoms. The predicted molar refractivity (Wildman–Crippen MR) is 187 cm³/mol. The molecule has 0 saturated heterocycles. The zero-order chi connectivity index (χ0) is 36.3. The van der Waals surface area contributed by atoms with E-state index in [1.165, 1.54) is 6.92 Å². The van der Waals surface area contributed by atoms with Gasteiger partial charge in [-0.15, -0.1) is 5.10 Å². The first kappa shape index (κ1) is 41.7. The molecule has 1 unspecified atom stereocenters. The van der Waals surface area contributed by atoms with E-state index in [0.717, 1.165) is 67.7 Å². The molecular formula is C38H48N2O9. The van der Waals surface area contributed by atoms with Crippen LogP contribution >= 0.6 is 0 Å². The van der Waals surface area contributed by atoms with E-state index in [-0.39, 0.29) is 5.78 Å². The van der Waals surface area contributed by atoms with E-state index in [9.17, 15) is 19.2 Å². The molecule has 0 bridgehead atoms. The second-order valence-electron chi connectivity index (χ2n) is 10.4. The van der Waals surface area contributed by atoms with Crippen LogP contribution in [-0.2, 0) is 19.1 Å². The van der Waals surface area contributed by atoms with Crippen molar-refractivity contribution in [1.29, 1.82) is 0 Å². The van der Waals surface area contributed by atoms with Gasteiger partial charge in [0.15, 0.2) is 5.78 Å². The molecule has 1 atom stereocenters. The number of carbonyl (C=O) groups excluding carboxylic acids is 4. The van der Waals surface area contributed by atoms with E-state index in [0.29, 0.717) is 49.4 Å². The summed E-state index contributed by atoms with van der Waals surface area (Å²) in [5, 5.41) is 7.94. The topological polar surface area (TPSA) is 140 Å². The third-order valence-electron chi connectivity index (χ3n) is 6.70. The number of aromatic nitrogens is 2. The first-order valence-corrected chi connectivity index (χ1v) is 16.0. The molecule has 49 heavy (non-hydrogen) atoms. The maximum atomic E-state index is 11.1. The molecule has 1 aromatic heterocycles. The van der Waals surface area contributed by atoms with Crippen LogP contribution in [0.3, 0.4) is 0 Å². The van der Waals surface area contributed by atoms with Crippen molar-refractivity contribution in [1.82, 2.24) is 10.2 Å². The fraction of sp³-hybridized carbons (Fsp3) is 0.368. The summed E-state index contributed by atoms with van der Waals surface area (Å²) in [4.78, 5) is 43.0. The van der Waals surface area contributed by atoms with Crippen LogP contribution in [0.2, 0.25) is 0 Å². The van der Waals surface area contributed by atoms with Crippen molar-refractivity contribution in [3.05, 3.63) is 103 Å². The number of nitrogens with zero attached hydrogens (tertiary/aromatic N) is 2. The normalized spacial score (nSPS) is 10.4. The highest BCUT2D eigenvalue weighted by atomic mass is 16.5. The second-order valence-corrected chi connectivity index (χ2v) is 10.4. The second kappa shape index (κ2) is 25.7. The van der Waals surface area contributed by atoms with E-state index in [2.05, 4.69) is 37.2 Å². The summed E-state index contributed by atoms with van der Waals surface area (Å²) in [6.07, 6.45) is 7.23. The number of hydrogen-bond donors (Lipinski definition) is 0. The highest BCUT2D eigenvalue weighted by Crippen LogP contribution is 2.16. The number of hydrogen-bond acceptors (Lipinski definition) is 11. The summed E-state index contributed by atoms with van der Waals surface area (Å²) in [5.41, 5.74) is 2.32. The van der Waals surface area contributed by atoms with Gasteiger partial charge in [-0.25, -0.2) is 9.59 Å². The van der Waals surface area contributed by atoms with Crippen LogP contribution in [0.25, 0.3) is 0 Å². The zero-order valence-corrected chi connectivity index (χ0v) is 28.9. The molecule has 0 aliphatic carbocycles. The van der Waals surface area contributed by atoms with Crippen molar-refractivity contribution in [3.63, 3.8) is 0 Å². The van der Waals surface area contributed by atoms with Gasteiger partial charge in [0.2, 0.25) is 5.88 Å². The SMILES string of the molecule is C=CC(=O)OCCCCOc1ccc(C(C)=O)cc1.C=CC(=O)OCCCCOc1ccc(C=O)cc1.CCC(C)c1ccc(OC)nn1. The van der Waals surface area contributed by atoms with Crippen LogP contribution in [0.5, 0.6) is 17.4 Å². The Bertz CT molecular complexity index is 1410. The number of benzene rings is 2. The number of unbranched alkanes of at least 4 members (excludes halogenated alkanes) is 2. The lowest BCUT2D eigenvalue weighted by atomic mass is 10.1. The average Bonchev–Trinajstić information content (AvgIpc) is 3.14. The fourth-order valence-corrected chi connectivity index (χ4v) is 3.59. The summed E-state index contributed by atoms with van der Waals surface area (Å²) in [7, 11) is 1.59. The smallest absolute Gasteiger partial charge is 0.330 e. The molecular weight excluding hydrogens is 628 g/mol. The van der Waals surface area contributed by atoms with Crippen LogP contribution in [0.15, 0.2) is 86.0 Å². The highest BCUT2D eigenvalue weighted by molar-refractivity contribution is 5.94. The number of methoxy groups -OCH3 is 1. The van der Waals surface area contributed by atoms with Crippen LogP contribution in [-0.4, -0.2) is 67.7 Å². The van der Waals surface area contributed by atoms with Crippen molar-refractivity contribution in [2.45, 2.75) is 58.8 Å². The molecule has 3 aromatic rings. The number of rotatable bonds is 19. The monoisotopic (exact) mass is 676 g/mol. The maximum Gasteiger partial charge on any atom is 0.330 e. The molecule has 1 heterocycles. The van der Waals surface area contributed by atoms with Crippen LogP contribution < -0.4 is 14.2 Å². The molecule has 0 amide bonds. The lowest BCUT2D eigenvalue weighted by Gasteiger charge is -2.06. The lowest BCUT2D eigenvalue weighted by Crippen LogP contribution is -2.04. The number of ketones is 1. The first-order valence-electron chi connectivity index (χ1n) is 16.0. The Balaban J connectivity index is 0.000000377. The van der Waals surface area contributed by atoms with Crippen LogP contribution in [0.1, 0.15) is 85.2 Å². The number of Topliss-reactive ketones (excluding diaryl/α,β-unsaturated/α-hetero) is 1. The van der Waals surface area contributed by atoms with E-state index in [1.54, 1.807) is 55.6 Å². The largest absolute Gasteiger partial charge is 0.494 e. The van der Waals surface area contributed by atoms with Gasteiger partial charge in [-0.3, -0.25) is 9.59 Å². The van der Waals surface area contributed by atoms with E-state index in [1.807, 2.05) is 12.1 Å². The molecule has 0 radical (unpaired) electrons. The number of esters is 2. The molecule has 0 saturated carbocycles. The fourth-order valence-electron chi connectivity index (χ4n) is 3.59. The third-order valence-corrected chi connectivity index (χ3v) is 6.70. The van der Waals surface area contributed by atoms with Gasteiger partial charge in [0.25, 0.3) is 0 Å². The standard InChI is InChI=1S/C15H18O4.C14H16O4.C9H14N2O/c1-3-15(17)19-11-5-4-10-18-14-8-6-13(7-9-14)12(2)16;1-2-14(16)18-10-4-3-9-17-13-7-5-12(11-15)6-8-13;1-4-7(2)8-5-6-9(12-3)11-10-8/h3,6-9H,1,4-5,10-11H2,2H3;2,5-8,11H,1,3-4,9-10H2;5-7H,4H2,1-3H3.